The lowest BCUT2D eigenvalue weighted by molar-refractivity contribution is 0.274. The summed E-state index contributed by atoms with van der Waals surface area (Å²) in [6, 6.07) is 0.283. The first-order chi connectivity index (χ1) is 8.13. The average Bonchev–Trinajstić information content (AvgIpc) is 3.11. The Morgan fingerprint density at radius 3 is 2.24 bits per heavy atom. The molecule has 0 N–H and O–H groups in total. The zero-order valence-electron chi connectivity index (χ0n) is 10.3. The maximum absolute atomic E-state index is 12.1. The van der Waals surface area contributed by atoms with Gasteiger partial charge in [0, 0.05) is 18.5 Å². The molecule has 2 fully saturated rings. The van der Waals surface area contributed by atoms with E-state index in [4.69, 9.17) is 11.6 Å². The first-order valence-corrected chi connectivity index (χ1v) is 8.83. The smallest absolute Gasteiger partial charge is 0.212 e. The molecule has 0 aromatic heterocycles. The van der Waals surface area contributed by atoms with E-state index in [2.05, 4.69) is 0 Å². The zero-order chi connectivity index (χ0) is 12.3. The molecule has 0 heterocycles. The van der Waals surface area contributed by atoms with Crippen LogP contribution in [0, 0.1) is 5.92 Å². The molecule has 0 radical (unpaired) electrons. The van der Waals surface area contributed by atoms with Crippen molar-refractivity contribution in [2.75, 3.05) is 18.2 Å². The van der Waals surface area contributed by atoms with Crippen molar-refractivity contribution >= 4 is 21.6 Å². The van der Waals surface area contributed by atoms with Crippen LogP contribution in [0.2, 0.25) is 0 Å². The second kappa shape index (κ2) is 5.89. The van der Waals surface area contributed by atoms with Crippen LogP contribution in [0.25, 0.3) is 0 Å². The number of rotatable bonds is 6. The van der Waals surface area contributed by atoms with Crippen LogP contribution in [-0.2, 0) is 10.0 Å². The molecule has 0 bridgehead atoms. The molecule has 2 aliphatic rings. The maximum Gasteiger partial charge on any atom is 0.215 e. The number of nitrogens with zero attached hydrogens (tertiary/aromatic N) is 1. The van der Waals surface area contributed by atoms with Crippen molar-refractivity contribution in [2.45, 2.75) is 51.0 Å². The van der Waals surface area contributed by atoms with Crippen molar-refractivity contribution in [3.63, 3.8) is 0 Å². The minimum Gasteiger partial charge on any atom is -0.212 e. The topological polar surface area (TPSA) is 37.4 Å². The molecule has 0 aromatic rings. The van der Waals surface area contributed by atoms with Gasteiger partial charge in [-0.2, -0.15) is 4.31 Å². The summed E-state index contributed by atoms with van der Waals surface area (Å²) in [5, 5.41) is 0. The Morgan fingerprint density at radius 1 is 1.06 bits per heavy atom. The van der Waals surface area contributed by atoms with Crippen LogP contribution in [0.1, 0.15) is 44.9 Å². The van der Waals surface area contributed by atoms with Gasteiger partial charge in [0.05, 0.1) is 5.75 Å². The van der Waals surface area contributed by atoms with Gasteiger partial charge >= 0.3 is 0 Å². The highest BCUT2D eigenvalue weighted by Crippen LogP contribution is 2.33. The van der Waals surface area contributed by atoms with E-state index in [0.29, 0.717) is 5.92 Å². The van der Waals surface area contributed by atoms with Crippen molar-refractivity contribution in [3.8, 4) is 0 Å². The summed E-state index contributed by atoms with van der Waals surface area (Å²) in [6.45, 7) is 0.740. The lowest BCUT2D eigenvalue weighted by atomic mass is 9.89. The summed E-state index contributed by atoms with van der Waals surface area (Å²) >= 11 is 5.59. The largest absolute Gasteiger partial charge is 0.215 e. The molecule has 100 valence electrons. The molecule has 0 atom stereocenters. The molecule has 0 aliphatic heterocycles. The van der Waals surface area contributed by atoms with E-state index in [1.165, 1.54) is 32.1 Å². The predicted molar refractivity (Wildman–Crippen MR) is 70.8 cm³/mol. The third-order valence-electron chi connectivity index (χ3n) is 3.81. The third-order valence-corrected chi connectivity index (χ3v) is 6.10. The van der Waals surface area contributed by atoms with E-state index < -0.39 is 10.0 Å². The van der Waals surface area contributed by atoms with Crippen LogP contribution in [0.15, 0.2) is 0 Å². The minimum absolute atomic E-state index is 0.0950. The van der Waals surface area contributed by atoms with E-state index >= 15 is 0 Å². The average molecular weight is 280 g/mol. The van der Waals surface area contributed by atoms with Gasteiger partial charge in [-0.15, -0.1) is 11.6 Å². The fourth-order valence-electron chi connectivity index (χ4n) is 2.69. The highest BCUT2D eigenvalue weighted by molar-refractivity contribution is 7.89. The highest BCUT2D eigenvalue weighted by Gasteiger charge is 2.38. The summed E-state index contributed by atoms with van der Waals surface area (Å²) in [5.74, 6) is 0.878. The maximum atomic E-state index is 12.1. The molecule has 3 nitrogen and oxygen atoms in total. The summed E-state index contributed by atoms with van der Waals surface area (Å²) < 4.78 is 26.0. The van der Waals surface area contributed by atoms with Gasteiger partial charge in [-0.05, 0) is 31.6 Å². The second-order valence-corrected chi connectivity index (χ2v) is 7.73. The van der Waals surface area contributed by atoms with Gasteiger partial charge in [-0.1, -0.05) is 19.3 Å². The summed E-state index contributed by atoms with van der Waals surface area (Å²) in [6.07, 6.45) is 8.30. The Morgan fingerprint density at radius 2 is 1.71 bits per heavy atom. The van der Waals surface area contributed by atoms with Crippen LogP contribution in [0.4, 0.5) is 0 Å². The van der Waals surface area contributed by atoms with Crippen LogP contribution in [0.3, 0.4) is 0 Å². The number of hydrogen-bond donors (Lipinski definition) is 0. The summed E-state index contributed by atoms with van der Waals surface area (Å²) in [4.78, 5) is 0. The van der Waals surface area contributed by atoms with Gasteiger partial charge in [0.15, 0.2) is 0 Å². The molecular formula is C12H22ClNO2S. The minimum atomic E-state index is -3.11. The number of halogens is 1. The molecular weight excluding hydrogens is 258 g/mol. The standard InChI is InChI=1S/C12H22ClNO2S/c13-8-9-17(15,16)14(12-6-7-12)10-11-4-2-1-3-5-11/h11-12H,1-10H2. The van der Waals surface area contributed by atoms with Crippen LogP contribution < -0.4 is 0 Å². The van der Waals surface area contributed by atoms with Gasteiger partial charge in [0.1, 0.15) is 0 Å². The van der Waals surface area contributed by atoms with Crippen molar-refractivity contribution in [3.05, 3.63) is 0 Å². The molecule has 0 saturated heterocycles. The molecule has 2 rings (SSSR count). The third kappa shape index (κ3) is 3.83. The Hall–Kier alpha value is 0.200. The van der Waals surface area contributed by atoms with Crippen molar-refractivity contribution in [1.82, 2.24) is 4.31 Å². The van der Waals surface area contributed by atoms with E-state index in [1.54, 1.807) is 4.31 Å². The van der Waals surface area contributed by atoms with Crippen LogP contribution >= 0.6 is 11.6 Å². The fourth-order valence-corrected chi connectivity index (χ4v) is 4.81. The fraction of sp³-hybridized carbons (Fsp3) is 1.00. The van der Waals surface area contributed by atoms with Crippen molar-refractivity contribution in [2.24, 2.45) is 5.92 Å². The number of hydrogen-bond acceptors (Lipinski definition) is 2. The molecule has 2 saturated carbocycles. The highest BCUT2D eigenvalue weighted by atomic mass is 35.5. The van der Waals surface area contributed by atoms with Gasteiger partial charge in [0.2, 0.25) is 10.0 Å². The van der Waals surface area contributed by atoms with Crippen LogP contribution in [0.5, 0.6) is 0 Å². The molecule has 5 heteroatoms. The molecule has 0 unspecified atom stereocenters. The number of sulfonamides is 1. The summed E-state index contributed by atoms with van der Waals surface area (Å²) in [7, 11) is -3.11. The van der Waals surface area contributed by atoms with E-state index in [0.717, 1.165) is 19.4 Å². The first-order valence-electron chi connectivity index (χ1n) is 6.69. The van der Waals surface area contributed by atoms with Gasteiger partial charge in [-0.25, -0.2) is 8.42 Å². The monoisotopic (exact) mass is 279 g/mol. The van der Waals surface area contributed by atoms with Crippen LogP contribution in [-0.4, -0.2) is 36.9 Å². The predicted octanol–water partition coefficient (Wildman–Crippen LogP) is 2.60. The lowest BCUT2D eigenvalue weighted by Crippen LogP contribution is -2.39. The van der Waals surface area contributed by atoms with E-state index in [9.17, 15) is 8.42 Å². The Bertz CT molecular complexity index is 334. The molecule has 2 aliphatic carbocycles. The second-order valence-electron chi connectivity index (χ2n) is 5.31. The SMILES string of the molecule is O=S(=O)(CCCl)N(CC1CCCCC1)C1CC1. The van der Waals surface area contributed by atoms with Gasteiger partial charge < -0.3 is 0 Å². The first kappa shape index (κ1) is 13.6. The van der Waals surface area contributed by atoms with E-state index in [1.807, 2.05) is 0 Å². The molecule has 0 spiro atoms. The van der Waals surface area contributed by atoms with Gasteiger partial charge in [-0.3, -0.25) is 0 Å². The van der Waals surface area contributed by atoms with Crippen molar-refractivity contribution in [1.29, 1.82) is 0 Å². The summed E-state index contributed by atoms with van der Waals surface area (Å²) in [5.41, 5.74) is 0. The normalized spacial score (nSPS) is 23.2. The lowest BCUT2D eigenvalue weighted by Gasteiger charge is -2.29. The molecule has 0 aromatic carbocycles. The quantitative estimate of drug-likeness (QED) is 0.701. The molecule has 0 amide bonds. The van der Waals surface area contributed by atoms with E-state index in [-0.39, 0.29) is 17.7 Å². The van der Waals surface area contributed by atoms with Gasteiger partial charge in [0.25, 0.3) is 0 Å². The molecule has 17 heavy (non-hydrogen) atoms. The Kier molecular flexibility index (Phi) is 4.72. The van der Waals surface area contributed by atoms with Crippen molar-refractivity contribution < 1.29 is 8.42 Å². The Balaban J connectivity index is 1.97. The number of alkyl halides is 1. The Labute approximate surface area is 110 Å². The zero-order valence-corrected chi connectivity index (χ0v) is 11.8.